The first-order valence-corrected chi connectivity index (χ1v) is 8.88. The van der Waals surface area contributed by atoms with Crippen molar-refractivity contribution in [3.05, 3.63) is 81.7 Å². The van der Waals surface area contributed by atoms with Crippen molar-refractivity contribution >= 4 is 11.8 Å². The molecular formula is C19H12F6N4O4. The maximum atomic E-state index is 13.6. The van der Waals surface area contributed by atoms with Gasteiger partial charge in [-0.15, -0.1) is 0 Å². The number of non-ortho nitro benzene ring substituents is 1. The van der Waals surface area contributed by atoms with Gasteiger partial charge in [-0.2, -0.15) is 31.4 Å². The van der Waals surface area contributed by atoms with Crippen molar-refractivity contribution in [2.75, 3.05) is 0 Å². The maximum absolute atomic E-state index is 13.6. The topological polar surface area (TPSA) is 99.3 Å². The Morgan fingerprint density at radius 2 is 1.73 bits per heavy atom. The second kappa shape index (κ2) is 8.80. The molecule has 33 heavy (non-hydrogen) atoms. The van der Waals surface area contributed by atoms with Crippen molar-refractivity contribution in [1.82, 2.24) is 15.1 Å². The van der Waals surface area contributed by atoms with Gasteiger partial charge in [-0.05, 0) is 29.8 Å². The maximum Gasteiger partial charge on any atom is 0.437 e. The minimum absolute atomic E-state index is 0.0411. The van der Waals surface area contributed by atoms with Gasteiger partial charge in [0.1, 0.15) is 0 Å². The van der Waals surface area contributed by atoms with E-state index in [-0.39, 0.29) is 16.9 Å². The van der Waals surface area contributed by atoms with E-state index in [9.17, 15) is 41.3 Å². The normalized spacial score (nSPS) is 11.8. The van der Waals surface area contributed by atoms with Crippen LogP contribution in [0.3, 0.4) is 0 Å². The second-order valence-corrected chi connectivity index (χ2v) is 6.48. The van der Waals surface area contributed by atoms with Crippen LogP contribution in [0.5, 0.6) is 5.75 Å². The van der Waals surface area contributed by atoms with Crippen molar-refractivity contribution < 1.29 is 40.8 Å². The highest BCUT2D eigenvalue weighted by atomic mass is 19.4. The van der Waals surface area contributed by atoms with E-state index in [0.29, 0.717) is 10.9 Å². The largest absolute Gasteiger partial charge is 0.437 e. The fraction of sp³-hybridized carbons (Fsp3) is 0.158. The number of amides is 1. The lowest BCUT2D eigenvalue weighted by Crippen LogP contribution is -2.27. The number of aromatic nitrogens is 2. The molecule has 0 atom stereocenters. The van der Waals surface area contributed by atoms with Gasteiger partial charge < -0.3 is 10.1 Å². The molecule has 14 heteroatoms. The molecule has 0 aliphatic carbocycles. The summed E-state index contributed by atoms with van der Waals surface area (Å²) in [4.78, 5) is 22.0. The number of nitro benzene ring substituents is 1. The smallest absolute Gasteiger partial charge is 0.406 e. The van der Waals surface area contributed by atoms with Crippen LogP contribution in [0.2, 0.25) is 0 Å². The zero-order valence-corrected chi connectivity index (χ0v) is 16.1. The fourth-order valence-electron chi connectivity index (χ4n) is 2.75. The van der Waals surface area contributed by atoms with Crippen LogP contribution in [-0.2, 0) is 18.9 Å². The van der Waals surface area contributed by atoms with Crippen LogP contribution in [0.15, 0.2) is 54.7 Å². The van der Waals surface area contributed by atoms with E-state index in [1.807, 2.05) is 0 Å². The summed E-state index contributed by atoms with van der Waals surface area (Å²) < 4.78 is 84.1. The summed E-state index contributed by atoms with van der Waals surface area (Å²) in [6, 6.07) is 7.98. The number of carbonyl (C=O) groups excluding carboxylic acids is 1. The molecule has 0 fully saturated rings. The van der Waals surface area contributed by atoms with Crippen LogP contribution in [0.25, 0.3) is 5.69 Å². The zero-order valence-electron chi connectivity index (χ0n) is 16.1. The van der Waals surface area contributed by atoms with Gasteiger partial charge in [-0.25, -0.2) is 9.48 Å². The molecule has 2 aromatic carbocycles. The Morgan fingerprint density at radius 1 is 1.06 bits per heavy atom. The summed E-state index contributed by atoms with van der Waals surface area (Å²) in [7, 11) is 0. The number of hydrogen-bond donors (Lipinski definition) is 1. The quantitative estimate of drug-likeness (QED) is 0.315. The van der Waals surface area contributed by atoms with Crippen LogP contribution in [0, 0.1) is 10.1 Å². The average molecular weight is 474 g/mol. The van der Waals surface area contributed by atoms with Gasteiger partial charge in [0.25, 0.3) is 5.69 Å². The van der Waals surface area contributed by atoms with Crippen molar-refractivity contribution in [2.45, 2.75) is 18.9 Å². The summed E-state index contributed by atoms with van der Waals surface area (Å²) in [5, 5.41) is 16.3. The van der Waals surface area contributed by atoms with E-state index in [4.69, 9.17) is 0 Å². The van der Waals surface area contributed by atoms with Crippen LogP contribution in [-0.4, -0.2) is 20.8 Å². The van der Waals surface area contributed by atoms with E-state index < -0.39 is 46.9 Å². The van der Waals surface area contributed by atoms with Crippen LogP contribution in [0.1, 0.15) is 16.8 Å². The van der Waals surface area contributed by atoms with E-state index >= 15 is 0 Å². The number of hydrogen-bond acceptors (Lipinski definition) is 5. The van der Waals surface area contributed by atoms with Gasteiger partial charge in [0, 0.05) is 18.7 Å². The SMILES string of the molecule is O=C(NCc1cccc(C(F)(F)F)c1)Oc1cnn(-c2ccc([N+](=O)[O-])cc2)c1C(F)(F)F. The lowest BCUT2D eigenvalue weighted by Gasteiger charge is -2.13. The van der Waals surface area contributed by atoms with Gasteiger partial charge >= 0.3 is 18.4 Å². The van der Waals surface area contributed by atoms with E-state index in [0.717, 1.165) is 42.5 Å². The van der Waals surface area contributed by atoms with Crippen molar-refractivity contribution in [3.8, 4) is 11.4 Å². The third-order valence-corrected chi connectivity index (χ3v) is 4.20. The number of nitrogens with one attached hydrogen (secondary N) is 1. The van der Waals surface area contributed by atoms with Crippen molar-refractivity contribution in [2.24, 2.45) is 0 Å². The van der Waals surface area contributed by atoms with Gasteiger partial charge in [-0.3, -0.25) is 10.1 Å². The Labute approximate surface area is 180 Å². The Kier molecular flexibility index (Phi) is 6.28. The first-order valence-electron chi connectivity index (χ1n) is 8.88. The highest BCUT2D eigenvalue weighted by Gasteiger charge is 2.40. The minimum atomic E-state index is -5.03. The summed E-state index contributed by atoms with van der Waals surface area (Å²) in [5.41, 5.74) is -2.93. The van der Waals surface area contributed by atoms with E-state index in [2.05, 4.69) is 15.2 Å². The molecule has 0 unspecified atom stereocenters. The van der Waals surface area contributed by atoms with Crippen molar-refractivity contribution in [3.63, 3.8) is 0 Å². The number of carbonyl (C=O) groups is 1. The predicted molar refractivity (Wildman–Crippen MR) is 99.5 cm³/mol. The lowest BCUT2D eigenvalue weighted by atomic mass is 10.1. The molecule has 0 spiro atoms. The van der Waals surface area contributed by atoms with E-state index in [1.165, 1.54) is 6.07 Å². The molecule has 0 radical (unpaired) electrons. The predicted octanol–water partition coefficient (Wildman–Crippen LogP) is 5.11. The summed E-state index contributed by atoms with van der Waals surface area (Å²) in [5.74, 6) is -0.970. The molecule has 3 aromatic rings. The molecule has 1 heterocycles. The Bertz CT molecular complexity index is 1170. The fourth-order valence-corrected chi connectivity index (χ4v) is 2.75. The number of rotatable bonds is 5. The zero-order chi connectivity index (χ0) is 24.4. The van der Waals surface area contributed by atoms with E-state index in [1.54, 1.807) is 0 Å². The van der Waals surface area contributed by atoms with Crippen molar-refractivity contribution in [1.29, 1.82) is 0 Å². The first kappa shape index (κ1) is 23.6. The molecule has 174 valence electrons. The highest BCUT2D eigenvalue weighted by molar-refractivity contribution is 5.70. The number of nitrogens with zero attached hydrogens (tertiary/aromatic N) is 3. The minimum Gasteiger partial charge on any atom is -0.406 e. The number of alkyl halides is 6. The number of benzene rings is 2. The van der Waals surface area contributed by atoms with Crippen LogP contribution >= 0.6 is 0 Å². The number of ether oxygens (including phenoxy) is 1. The Hall–Kier alpha value is -4.10. The molecule has 1 aromatic heterocycles. The molecule has 1 amide bonds. The van der Waals surface area contributed by atoms with Crippen LogP contribution in [0.4, 0.5) is 36.8 Å². The molecule has 0 bridgehead atoms. The highest BCUT2D eigenvalue weighted by Crippen LogP contribution is 2.38. The molecular weight excluding hydrogens is 462 g/mol. The molecule has 8 nitrogen and oxygen atoms in total. The molecule has 1 N–H and O–H groups in total. The monoisotopic (exact) mass is 474 g/mol. The lowest BCUT2D eigenvalue weighted by molar-refractivity contribution is -0.384. The van der Waals surface area contributed by atoms with Gasteiger partial charge in [0.15, 0.2) is 11.4 Å². The van der Waals surface area contributed by atoms with Gasteiger partial charge in [0.05, 0.1) is 22.4 Å². The molecule has 0 aliphatic heterocycles. The number of nitro groups is 1. The third kappa shape index (κ3) is 5.58. The average Bonchev–Trinajstić information content (AvgIpc) is 3.16. The molecule has 0 saturated carbocycles. The van der Waals surface area contributed by atoms with Crippen LogP contribution < -0.4 is 10.1 Å². The Morgan fingerprint density at radius 3 is 2.30 bits per heavy atom. The number of halogens is 6. The standard InChI is InChI=1S/C19H12F6N4O4/c20-18(21,22)12-3-1-2-11(8-12)9-26-17(30)33-15-10-27-28(16(15)19(23,24)25)13-4-6-14(7-5-13)29(31)32/h1-8,10H,9H2,(H,26,30). The summed E-state index contributed by atoms with van der Waals surface area (Å²) in [6.45, 7) is -0.444. The summed E-state index contributed by atoms with van der Waals surface area (Å²) >= 11 is 0. The molecule has 0 aliphatic rings. The Balaban J connectivity index is 1.78. The molecule has 0 saturated heterocycles. The van der Waals surface area contributed by atoms with Gasteiger partial charge in [0.2, 0.25) is 0 Å². The van der Waals surface area contributed by atoms with Gasteiger partial charge in [-0.1, -0.05) is 12.1 Å². The summed E-state index contributed by atoms with van der Waals surface area (Å²) in [6.07, 6.45) is -10.4. The second-order valence-electron chi connectivity index (χ2n) is 6.48. The third-order valence-electron chi connectivity index (χ3n) is 4.20. The first-order chi connectivity index (χ1) is 15.4. The molecule has 3 rings (SSSR count).